The van der Waals surface area contributed by atoms with Crippen molar-refractivity contribution in [3.05, 3.63) is 36.7 Å². The van der Waals surface area contributed by atoms with E-state index in [-0.39, 0.29) is 0 Å². The van der Waals surface area contributed by atoms with Gasteiger partial charge in [0.25, 0.3) is 0 Å². The Bertz CT molecular complexity index is 1030. The van der Waals surface area contributed by atoms with Gasteiger partial charge in [-0.25, -0.2) is 19.9 Å². The lowest BCUT2D eigenvalue weighted by Gasteiger charge is -2.34. The molecule has 9 nitrogen and oxygen atoms in total. The van der Waals surface area contributed by atoms with Crippen molar-refractivity contribution in [3.63, 3.8) is 0 Å². The van der Waals surface area contributed by atoms with Crippen molar-refractivity contribution in [3.8, 4) is 11.4 Å². The van der Waals surface area contributed by atoms with Gasteiger partial charge in [0.05, 0.1) is 13.2 Å². The predicted molar refractivity (Wildman–Crippen MR) is 126 cm³/mol. The fourth-order valence-electron chi connectivity index (χ4n) is 4.16. The standard InChI is InChI=1S/C23H30N8O/c1-29-10-12-31(13-11-29)19-4-2-18(3-5-19)21-27-22-20(24-6-7-25-22)23(28-21)26-8-9-30-14-16-32-17-15-30/h2-7H,8-17H2,1H3,(H,25,26,27,28). The Morgan fingerprint density at radius 3 is 2.44 bits per heavy atom. The molecule has 168 valence electrons. The maximum Gasteiger partial charge on any atom is 0.184 e. The molecule has 0 atom stereocenters. The lowest BCUT2D eigenvalue weighted by molar-refractivity contribution is 0.0398. The number of fused-ring (bicyclic) bond motifs is 1. The van der Waals surface area contributed by atoms with Crippen LogP contribution in [0.4, 0.5) is 11.5 Å². The van der Waals surface area contributed by atoms with Gasteiger partial charge in [0.2, 0.25) is 0 Å². The summed E-state index contributed by atoms with van der Waals surface area (Å²) in [6.45, 7) is 9.54. The van der Waals surface area contributed by atoms with Crippen LogP contribution < -0.4 is 10.2 Å². The molecule has 0 aliphatic carbocycles. The van der Waals surface area contributed by atoms with E-state index in [4.69, 9.17) is 9.72 Å². The van der Waals surface area contributed by atoms with Crippen LogP contribution in [-0.2, 0) is 4.74 Å². The Hall–Kier alpha value is -2.88. The van der Waals surface area contributed by atoms with Crippen LogP contribution in [0.15, 0.2) is 36.7 Å². The van der Waals surface area contributed by atoms with Gasteiger partial charge in [-0.3, -0.25) is 4.90 Å². The summed E-state index contributed by atoms with van der Waals surface area (Å²) >= 11 is 0. The van der Waals surface area contributed by atoms with Crippen LogP contribution in [0.1, 0.15) is 0 Å². The van der Waals surface area contributed by atoms with E-state index in [2.05, 4.69) is 66.3 Å². The van der Waals surface area contributed by atoms with Gasteiger partial charge in [0, 0.05) is 76.0 Å². The molecule has 0 unspecified atom stereocenters. The van der Waals surface area contributed by atoms with Crippen LogP contribution in [0.3, 0.4) is 0 Å². The molecule has 3 aromatic rings. The van der Waals surface area contributed by atoms with E-state index < -0.39 is 0 Å². The molecule has 32 heavy (non-hydrogen) atoms. The number of hydrogen-bond donors (Lipinski definition) is 1. The quantitative estimate of drug-likeness (QED) is 0.622. The van der Waals surface area contributed by atoms with Gasteiger partial charge in [-0.05, 0) is 31.3 Å². The van der Waals surface area contributed by atoms with Crippen molar-refractivity contribution in [1.29, 1.82) is 0 Å². The van der Waals surface area contributed by atoms with Gasteiger partial charge in [0.1, 0.15) is 5.52 Å². The molecular formula is C23H30N8O. The SMILES string of the molecule is CN1CCN(c2ccc(-c3nc(NCCN4CCOCC4)c4nccnc4n3)cc2)CC1. The van der Waals surface area contributed by atoms with Crippen molar-refractivity contribution < 1.29 is 4.74 Å². The average Bonchev–Trinajstić information content (AvgIpc) is 2.85. The highest BCUT2D eigenvalue weighted by molar-refractivity contribution is 5.84. The van der Waals surface area contributed by atoms with E-state index in [0.717, 1.165) is 77.0 Å². The van der Waals surface area contributed by atoms with Gasteiger partial charge in [-0.1, -0.05) is 0 Å². The summed E-state index contributed by atoms with van der Waals surface area (Å²) in [7, 11) is 2.17. The van der Waals surface area contributed by atoms with E-state index in [1.165, 1.54) is 5.69 Å². The van der Waals surface area contributed by atoms with Gasteiger partial charge < -0.3 is 19.9 Å². The Labute approximate surface area is 188 Å². The zero-order valence-corrected chi connectivity index (χ0v) is 18.6. The highest BCUT2D eigenvalue weighted by atomic mass is 16.5. The Kier molecular flexibility index (Phi) is 6.38. The van der Waals surface area contributed by atoms with Crippen LogP contribution in [0.5, 0.6) is 0 Å². The molecule has 4 heterocycles. The highest BCUT2D eigenvalue weighted by Crippen LogP contribution is 2.25. The fraction of sp³-hybridized carbons (Fsp3) is 0.478. The van der Waals surface area contributed by atoms with E-state index in [1.54, 1.807) is 12.4 Å². The zero-order chi connectivity index (χ0) is 21.8. The van der Waals surface area contributed by atoms with E-state index in [1.807, 2.05) is 0 Å². The normalized spacial score (nSPS) is 18.2. The van der Waals surface area contributed by atoms with E-state index >= 15 is 0 Å². The summed E-state index contributed by atoms with van der Waals surface area (Å²) in [5.41, 5.74) is 3.53. The molecule has 1 aromatic carbocycles. The molecule has 2 aromatic heterocycles. The lowest BCUT2D eigenvalue weighted by atomic mass is 10.1. The van der Waals surface area contributed by atoms with Crippen LogP contribution >= 0.6 is 0 Å². The third-order valence-corrected chi connectivity index (χ3v) is 6.15. The molecule has 0 saturated carbocycles. The molecule has 5 rings (SSSR count). The monoisotopic (exact) mass is 434 g/mol. The highest BCUT2D eigenvalue weighted by Gasteiger charge is 2.16. The first-order valence-electron chi connectivity index (χ1n) is 11.3. The number of anilines is 2. The van der Waals surface area contributed by atoms with Crippen LogP contribution in [-0.4, -0.2) is 102 Å². The van der Waals surface area contributed by atoms with Crippen molar-refractivity contribution in [2.45, 2.75) is 0 Å². The number of rotatable bonds is 6. The molecule has 9 heteroatoms. The van der Waals surface area contributed by atoms with Crippen LogP contribution in [0, 0.1) is 0 Å². The van der Waals surface area contributed by atoms with Gasteiger partial charge >= 0.3 is 0 Å². The van der Waals surface area contributed by atoms with Crippen molar-refractivity contribution >= 4 is 22.7 Å². The minimum absolute atomic E-state index is 0.606. The second-order valence-corrected chi connectivity index (χ2v) is 8.34. The average molecular weight is 435 g/mol. The maximum absolute atomic E-state index is 5.43. The smallest absolute Gasteiger partial charge is 0.184 e. The molecule has 1 N–H and O–H groups in total. The molecule has 2 fully saturated rings. The Morgan fingerprint density at radius 1 is 0.906 bits per heavy atom. The molecule has 0 amide bonds. The number of piperazine rings is 1. The number of likely N-dealkylation sites (N-methyl/N-ethyl adjacent to an activating group) is 1. The molecule has 2 saturated heterocycles. The third kappa shape index (κ3) is 4.79. The summed E-state index contributed by atoms with van der Waals surface area (Å²) < 4.78 is 5.43. The van der Waals surface area contributed by atoms with Crippen LogP contribution in [0.2, 0.25) is 0 Å². The molecule has 2 aliphatic rings. The molecule has 2 aliphatic heterocycles. The summed E-state index contributed by atoms with van der Waals surface area (Å²) in [6, 6.07) is 8.53. The largest absolute Gasteiger partial charge is 0.379 e. The summed E-state index contributed by atoms with van der Waals surface area (Å²) in [6.07, 6.45) is 3.36. The number of benzene rings is 1. The third-order valence-electron chi connectivity index (χ3n) is 6.15. The topological polar surface area (TPSA) is 82.5 Å². The van der Waals surface area contributed by atoms with Gasteiger partial charge in [-0.2, -0.15) is 0 Å². The molecule has 0 bridgehead atoms. The Morgan fingerprint density at radius 2 is 1.66 bits per heavy atom. The van der Waals surface area contributed by atoms with E-state index in [0.29, 0.717) is 17.0 Å². The second kappa shape index (κ2) is 9.72. The second-order valence-electron chi connectivity index (χ2n) is 8.34. The molecule has 0 spiro atoms. The van der Waals surface area contributed by atoms with Crippen molar-refractivity contribution in [2.24, 2.45) is 0 Å². The van der Waals surface area contributed by atoms with Gasteiger partial charge in [0.15, 0.2) is 17.3 Å². The first-order chi connectivity index (χ1) is 15.8. The number of nitrogens with zero attached hydrogens (tertiary/aromatic N) is 7. The van der Waals surface area contributed by atoms with Crippen molar-refractivity contribution in [2.75, 3.05) is 82.8 Å². The summed E-state index contributed by atoms with van der Waals surface area (Å²) in [5.74, 6) is 1.39. The first kappa shape index (κ1) is 21.0. The number of nitrogens with one attached hydrogen (secondary N) is 1. The summed E-state index contributed by atoms with van der Waals surface area (Å²) in [4.78, 5) is 25.6. The maximum atomic E-state index is 5.43. The number of morpholine rings is 1. The van der Waals surface area contributed by atoms with E-state index in [9.17, 15) is 0 Å². The lowest BCUT2D eigenvalue weighted by Crippen LogP contribution is -2.44. The molecular weight excluding hydrogens is 404 g/mol. The van der Waals surface area contributed by atoms with Gasteiger partial charge in [-0.15, -0.1) is 0 Å². The Balaban J connectivity index is 1.34. The first-order valence-corrected chi connectivity index (χ1v) is 11.3. The fourth-order valence-corrected chi connectivity index (χ4v) is 4.16. The minimum atomic E-state index is 0.606. The van der Waals surface area contributed by atoms with Crippen LogP contribution in [0.25, 0.3) is 22.6 Å². The predicted octanol–water partition coefficient (Wildman–Crippen LogP) is 1.58. The molecule has 0 radical (unpaired) electrons. The van der Waals surface area contributed by atoms with Crippen molar-refractivity contribution in [1.82, 2.24) is 29.7 Å². The number of hydrogen-bond acceptors (Lipinski definition) is 9. The number of ether oxygens (including phenoxy) is 1. The zero-order valence-electron chi connectivity index (χ0n) is 18.6. The summed E-state index contributed by atoms with van der Waals surface area (Å²) in [5, 5.41) is 3.46. The minimum Gasteiger partial charge on any atom is -0.379 e. The number of aromatic nitrogens is 4.